The van der Waals surface area contributed by atoms with Crippen LogP contribution < -0.4 is 10.2 Å². The highest BCUT2D eigenvalue weighted by Crippen LogP contribution is 2.32. The zero-order valence-electron chi connectivity index (χ0n) is 21.1. The Morgan fingerprint density at radius 2 is 1.92 bits per heavy atom. The lowest BCUT2D eigenvalue weighted by Crippen LogP contribution is -2.28. The maximum Gasteiger partial charge on any atom is 0.253 e. The van der Waals surface area contributed by atoms with Crippen LogP contribution in [0.5, 0.6) is 0 Å². The number of aliphatic hydroxyl groups is 1. The van der Waals surface area contributed by atoms with Crippen molar-refractivity contribution in [3.05, 3.63) is 72.3 Å². The van der Waals surface area contributed by atoms with Crippen LogP contribution >= 0.6 is 0 Å². The highest BCUT2D eigenvalue weighted by atomic mass is 32.2. The molecule has 1 aliphatic rings. The lowest BCUT2D eigenvalue weighted by Gasteiger charge is -2.22. The van der Waals surface area contributed by atoms with E-state index in [4.69, 9.17) is 9.97 Å². The van der Waals surface area contributed by atoms with E-state index in [1.807, 2.05) is 30.3 Å². The first kappa shape index (κ1) is 25.7. The minimum atomic E-state index is -3.47. The molecule has 1 unspecified atom stereocenters. The maximum atomic E-state index is 12.6. The molecule has 0 aliphatic carbocycles. The van der Waals surface area contributed by atoms with Crippen molar-refractivity contribution in [2.24, 2.45) is 5.41 Å². The molecular weight excluding hydrogens is 504 g/mol. The molecule has 0 aromatic carbocycles. The van der Waals surface area contributed by atoms with Gasteiger partial charge in [0.2, 0.25) is 0 Å². The molecule has 1 amide bonds. The molecule has 11 heteroatoms. The van der Waals surface area contributed by atoms with Gasteiger partial charge >= 0.3 is 0 Å². The summed E-state index contributed by atoms with van der Waals surface area (Å²) in [6, 6.07) is 12.8. The number of aliphatic hydroxyl groups excluding tert-OH is 1. The van der Waals surface area contributed by atoms with E-state index in [9.17, 15) is 18.3 Å². The van der Waals surface area contributed by atoms with Gasteiger partial charge in [-0.1, -0.05) is 13.0 Å². The third kappa shape index (κ3) is 5.48. The Kier molecular flexibility index (Phi) is 6.80. The molecule has 10 nitrogen and oxygen atoms in total. The Morgan fingerprint density at radius 3 is 2.68 bits per heavy atom. The summed E-state index contributed by atoms with van der Waals surface area (Å²) in [6.07, 6.45) is 6.21. The largest absolute Gasteiger partial charge is 0.396 e. The fourth-order valence-corrected chi connectivity index (χ4v) is 5.00. The van der Waals surface area contributed by atoms with Crippen LogP contribution in [0.25, 0.3) is 22.3 Å². The van der Waals surface area contributed by atoms with Crippen molar-refractivity contribution < 1.29 is 18.3 Å². The molecule has 0 spiro atoms. The van der Waals surface area contributed by atoms with Crippen molar-refractivity contribution in [1.82, 2.24) is 25.3 Å². The number of aromatic nitrogens is 4. The van der Waals surface area contributed by atoms with E-state index in [1.54, 1.807) is 12.3 Å². The monoisotopic (exact) mass is 532 g/mol. The number of fused-ring (bicyclic) bond motifs is 1. The second kappa shape index (κ2) is 10.1. The molecule has 4 aromatic rings. The van der Waals surface area contributed by atoms with Gasteiger partial charge in [-0.3, -0.25) is 14.8 Å². The molecule has 0 radical (unpaired) electrons. The number of hydrogen-bond donors (Lipinski definition) is 2. The van der Waals surface area contributed by atoms with Crippen molar-refractivity contribution in [3.63, 3.8) is 0 Å². The van der Waals surface area contributed by atoms with Crippen molar-refractivity contribution in [3.8, 4) is 11.4 Å². The Morgan fingerprint density at radius 1 is 1.11 bits per heavy atom. The first-order valence-electron chi connectivity index (χ1n) is 12.2. The summed E-state index contributed by atoms with van der Waals surface area (Å²) in [6.45, 7) is 3.96. The van der Waals surface area contributed by atoms with E-state index in [2.05, 4.69) is 27.1 Å². The van der Waals surface area contributed by atoms with Crippen LogP contribution in [-0.4, -0.2) is 65.3 Å². The van der Waals surface area contributed by atoms with Crippen molar-refractivity contribution in [2.75, 3.05) is 30.9 Å². The molecule has 4 aromatic heterocycles. The van der Waals surface area contributed by atoms with Crippen LogP contribution in [-0.2, 0) is 16.4 Å². The summed E-state index contributed by atoms with van der Waals surface area (Å²) < 4.78 is 23.5. The van der Waals surface area contributed by atoms with E-state index in [0.717, 1.165) is 42.7 Å². The van der Waals surface area contributed by atoms with Gasteiger partial charge < -0.3 is 15.3 Å². The topological polar surface area (TPSA) is 138 Å². The molecule has 5 rings (SSSR count). The average molecular weight is 533 g/mol. The Labute approximate surface area is 220 Å². The SMILES string of the molecule is CC1(CO)CCN(c2cccc(-c3ccc4cnc(CNC(=O)c5cncc(S(C)(=O)=O)c5)cc4n3)n2)C1. The number of nitrogens with zero attached hydrogens (tertiary/aromatic N) is 5. The number of hydrogen-bond acceptors (Lipinski definition) is 9. The van der Waals surface area contributed by atoms with Gasteiger partial charge in [-0.2, -0.15) is 0 Å². The van der Waals surface area contributed by atoms with Gasteiger partial charge in [-0.15, -0.1) is 0 Å². The second-order valence-electron chi connectivity index (χ2n) is 9.95. The first-order valence-corrected chi connectivity index (χ1v) is 14.0. The lowest BCUT2D eigenvalue weighted by molar-refractivity contribution is 0.0950. The molecule has 0 saturated carbocycles. The summed E-state index contributed by atoms with van der Waals surface area (Å²) >= 11 is 0. The quantitative estimate of drug-likeness (QED) is 0.368. The van der Waals surface area contributed by atoms with Crippen LogP contribution in [0.1, 0.15) is 29.4 Å². The number of amides is 1. The van der Waals surface area contributed by atoms with E-state index in [-0.39, 0.29) is 29.0 Å². The minimum Gasteiger partial charge on any atom is -0.396 e. The zero-order chi connectivity index (χ0) is 26.9. The molecule has 0 bridgehead atoms. The van der Waals surface area contributed by atoms with Crippen molar-refractivity contribution in [2.45, 2.75) is 24.8 Å². The van der Waals surface area contributed by atoms with Gasteiger partial charge in [-0.25, -0.2) is 18.4 Å². The fourth-order valence-electron chi connectivity index (χ4n) is 4.41. The number of anilines is 1. The maximum absolute atomic E-state index is 12.6. The van der Waals surface area contributed by atoms with E-state index < -0.39 is 15.7 Å². The van der Waals surface area contributed by atoms with Crippen molar-refractivity contribution in [1.29, 1.82) is 0 Å². The third-order valence-corrected chi connectivity index (χ3v) is 7.80. The fraction of sp³-hybridized carbons (Fsp3) is 0.296. The number of carbonyl (C=O) groups excluding carboxylic acids is 1. The Hall–Kier alpha value is -3.96. The Balaban J connectivity index is 1.33. The third-order valence-electron chi connectivity index (χ3n) is 6.72. The summed E-state index contributed by atoms with van der Waals surface area (Å²) in [5.41, 5.74) is 2.80. The van der Waals surface area contributed by atoms with E-state index >= 15 is 0 Å². The minimum absolute atomic E-state index is 0.0180. The predicted molar refractivity (Wildman–Crippen MR) is 143 cm³/mol. The summed E-state index contributed by atoms with van der Waals surface area (Å²) in [4.78, 5) is 32.7. The van der Waals surface area contributed by atoms with E-state index in [0.29, 0.717) is 16.9 Å². The predicted octanol–water partition coefficient (Wildman–Crippen LogP) is 2.63. The molecule has 1 atom stereocenters. The average Bonchev–Trinajstić information content (AvgIpc) is 3.33. The van der Waals surface area contributed by atoms with Crippen LogP contribution in [0.3, 0.4) is 0 Å². The highest BCUT2D eigenvalue weighted by molar-refractivity contribution is 7.90. The van der Waals surface area contributed by atoms with Gasteiger partial charge in [-0.05, 0) is 42.8 Å². The zero-order valence-corrected chi connectivity index (χ0v) is 21.9. The molecule has 1 fully saturated rings. The van der Waals surface area contributed by atoms with Crippen LogP contribution in [0.2, 0.25) is 0 Å². The second-order valence-corrected chi connectivity index (χ2v) is 12.0. The standard InChI is InChI=1S/C27H28N6O4S/c1-27(17-34)8-9-33(16-27)25-5-3-4-22(32-25)23-7-6-18-13-29-20(11-24(18)31-23)14-30-26(35)19-10-21(15-28-12-19)38(2,36)37/h3-7,10-13,15,34H,8-9,14,16-17H2,1-2H3,(H,30,35). The number of carbonyl (C=O) groups is 1. The molecular formula is C27H28N6O4S. The van der Waals surface area contributed by atoms with Crippen LogP contribution in [0.15, 0.2) is 66.0 Å². The normalized spacial score (nSPS) is 17.6. The Bertz CT molecular complexity index is 1630. The highest BCUT2D eigenvalue weighted by Gasteiger charge is 2.33. The van der Waals surface area contributed by atoms with Crippen LogP contribution in [0.4, 0.5) is 5.82 Å². The summed E-state index contributed by atoms with van der Waals surface area (Å²) in [5, 5.41) is 13.3. The molecule has 1 saturated heterocycles. The van der Waals surface area contributed by atoms with E-state index in [1.165, 1.54) is 18.5 Å². The lowest BCUT2D eigenvalue weighted by atomic mass is 9.91. The number of nitrogens with one attached hydrogen (secondary N) is 1. The number of rotatable bonds is 7. The van der Waals surface area contributed by atoms with Gasteiger partial charge in [0.15, 0.2) is 9.84 Å². The van der Waals surface area contributed by atoms with Gasteiger partial charge in [0.1, 0.15) is 5.82 Å². The summed E-state index contributed by atoms with van der Waals surface area (Å²) in [5.74, 6) is 0.404. The molecule has 196 valence electrons. The molecule has 38 heavy (non-hydrogen) atoms. The van der Waals surface area contributed by atoms with Gasteiger partial charge in [0.25, 0.3) is 5.91 Å². The van der Waals surface area contributed by atoms with Gasteiger partial charge in [0.05, 0.1) is 46.2 Å². The molecule has 1 aliphatic heterocycles. The van der Waals surface area contributed by atoms with Crippen LogP contribution in [0, 0.1) is 5.41 Å². The summed E-state index contributed by atoms with van der Waals surface area (Å²) in [7, 11) is -3.47. The van der Waals surface area contributed by atoms with Gasteiger partial charge in [0, 0.05) is 48.7 Å². The first-order chi connectivity index (χ1) is 18.1. The number of pyridine rings is 4. The molecule has 2 N–H and O–H groups in total. The van der Waals surface area contributed by atoms with Crippen molar-refractivity contribution >= 4 is 32.5 Å². The molecule has 5 heterocycles. The number of sulfone groups is 1. The smallest absolute Gasteiger partial charge is 0.253 e.